The maximum absolute atomic E-state index is 14.5. The Morgan fingerprint density at radius 1 is 0.484 bits per heavy atom. The molecule has 0 saturated heterocycles. The van der Waals surface area contributed by atoms with E-state index in [1.165, 1.54) is 129 Å². The maximum atomic E-state index is 14.5. The molecule has 16 rings (SSSR count). The van der Waals surface area contributed by atoms with Gasteiger partial charge in [0.25, 0.3) is 0 Å². The van der Waals surface area contributed by atoms with Gasteiger partial charge in [-0.25, -0.2) is 0 Å². The van der Waals surface area contributed by atoms with Crippen LogP contribution in [-0.2, 0) is 5.41 Å². The summed E-state index contributed by atoms with van der Waals surface area (Å²) >= 11 is 0. The monoisotopic (exact) mass is 809 g/mol. The summed E-state index contributed by atoms with van der Waals surface area (Å²) in [5, 5.41) is 8.03. The van der Waals surface area contributed by atoms with E-state index in [0.29, 0.717) is 23.4 Å². The SMILES string of the molecule is Cc1c(C)c(C)c(-c2cc3c(c4ccccc24)-c2cc4c5cc6c(cc5n5c7cc8c(cc7c(c2C32CCCCC2)c45)C2CCC(CC2)C8=O)C(=O)C2CCC6CC2)c(C)c1C. The number of fused-ring (bicyclic) bond motifs is 18. The minimum atomic E-state index is -0.127. The van der Waals surface area contributed by atoms with Gasteiger partial charge in [0.05, 0.1) is 16.6 Å². The second kappa shape index (κ2) is 12.2. The molecule has 2 aromatic heterocycles. The molecule has 3 fully saturated rings. The Morgan fingerprint density at radius 2 is 1.02 bits per heavy atom. The van der Waals surface area contributed by atoms with Crippen molar-refractivity contribution in [2.24, 2.45) is 11.8 Å². The Kier molecular flexibility index (Phi) is 7.16. The Bertz CT molecular complexity index is 3360. The number of aromatic nitrogens is 1. The standard InChI is InChI=1S/C59H55NO2/c1-29-30(2)32(4)52(33(5)31(29)3)43-26-49-53(39-12-8-7-11-38(39)43)48-25-44-42-23-40-34-13-17-36(18-14-34)57(61)45(40)27-50(42)60-51-28-46-41(35-15-19-37(20-16-35)58(46)62)24-47(51)54(56(44)60)55(48)59(49)21-9-6-10-22-59/h7-8,11-12,23-28,34-37H,6,9-10,13-22H2,1-5H3. The topological polar surface area (TPSA) is 38.5 Å². The molecule has 1 spiro atoms. The van der Waals surface area contributed by atoms with Gasteiger partial charge in [0.2, 0.25) is 0 Å². The van der Waals surface area contributed by atoms with Gasteiger partial charge in [0.15, 0.2) is 11.6 Å². The number of benzene rings is 6. The Balaban J connectivity index is 1.17. The molecule has 3 heteroatoms. The van der Waals surface area contributed by atoms with Crippen molar-refractivity contribution in [1.82, 2.24) is 4.40 Å². The van der Waals surface area contributed by atoms with Crippen LogP contribution in [0.2, 0.25) is 0 Å². The second-order valence-corrected chi connectivity index (χ2v) is 21.2. The van der Waals surface area contributed by atoms with Crippen molar-refractivity contribution in [3.63, 3.8) is 0 Å². The summed E-state index contributed by atoms with van der Waals surface area (Å²) < 4.78 is 2.55. The van der Waals surface area contributed by atoms with Crippen molar-refractivity contribution in [3.05, 3.63) is 122 Å². The fourth-order valence-electron chi connectivity index (χ4n) is 15.3. The summed E-state index contributed by atoms with van der Waals surface area (Å²) in [5.41, 5.74) is 23.8. The van der Waals surface area contributed by atoms with Gasteiger partial charge < -0.3 is 4.40 Å². The Hall–Kier alpha value is -5.28. The smallest absolute Gasteiger partial charge is 0.166 e. The van der Waals surface area contributed by atoms with Crippen LogP contribution in [-0.4, -0.2) is 16.0 Å². The van der Waals surface area contributed by atoms with Gasteiger partial charge in [0.1, 0.15) is 0 Å². The zero-order chi connectivity index (χ0) is 41.7. The maximum Gasteiger partial charge on any atom is 0.166 e. The summed E-state index contributed by atoms with van der Waals surface area (Å²) in [4.78, 5) is 28.8. The van der Waals surface area contributed by atoms with Gasteiger partial charge >= 0.3 is 0 Å². The zero-order valence-corrected chi connectivity index (χ0v) is 37.0. The minimum Gasteiger partial charge on any atom is -0.308 e. The van der Waals surface area contributed by atoms with Crippen LogP contribution in [0.25, 0.3) is 71.1 Å². The lowest BCUT2D eigenvalue weighted by molar-refractivity contribution is 0.0891. The van der Waals surface area contributed by atoms with Crippen molar-refractivity contribution in [1.29, 1.82) is 0 Å². The van der Waals surface area contributed by atoms with Crippen LogP contribution in [0.5, 0.6) is 0 Å². The average Bonchev–Trinajstić information content (AvgIpc) is 3.76. The van der Waals surface area contributed by atoms with Gasteiger partial charge in [-0.1, -0.05) is 43.5 Å². The molecule has 8 aliphatic carbocycles. The highest BCUT2D eigenvalue weighted by molar-refractivity contribution is 6.29. The molecule has 0 radical (unpaired) electrons. The van der Waals surface area contributed by atoms with Crippen LogP contribution < -0.4 is 0 Å². The van der Waals surface area contributed by atoms with Crippen LogP contribution >= 0.6 is 0 Å². The third-order valence-corrected chi connectivity index (χ3v) is 18.8. The highest BCUT2D eigenvalue weighted by atomic mass is 16.1. The molecule has 3 nitrogen and oxygen atoms in total. The predicted octanol–water partition coefficient (Wildman–Crippen LogP) is 15.4. The first-order chi connectivity index (χ1) is 30.1. The number of hydrogen-bond donors (Lipinski definition) is 0. The largest absolute Gasteiger partial charge is 0.308 e. The van der Waals surface area contributed by atoms with Crippen LogP contribution in [0, 0.1) is 46.5 Å². The lowest BCUT2D eigenvalue weighted by atomic mass is 9.66. The molecule has 0 N–H and O–H groups in total. The van der Waals surface area contributed by atoms with E-state index in [4.69, 9.17) is 0 Å². The number of carbonyl (C=O) groups excluding carboxylic acids is 2. The quantitative estimate of drug-likeness (QED) is 0.166. The van der Waals surface area contributed by atoms with E-state index >= 15 is 0 Å². The van der Waals surface area contributed by atoms with Gasteiger partial charge in [-0.15, -0.1) is 0 Å². The lowest BCUT2D eigenvalue weighted by Gasteiger charge is -2.37. The second-order valence-electron chi connectivity index (χ2n) is 21.2. The van der Waals surface area contributed by atoms with Crippen LogP contribution in [0.3, 0.4) is 0 Å². The Labute approximate surface area is 364 Å². The number of hydrogen-bond acceptors (Lipinski definition) is 2. The third kappa shape index (κ3) is 4.30. The van der Waals surface area contributed by atoms with Crippen molar-refractivity contribution in [3.8, 4) is 22.3 Å². The molecule has 6 aromatic carbocycles. The zero-order valence-electron chi connectivity index (χ0n) is 37.0. The van der Waals surface area contributed by atoms with Crippen LogP contribution in [0.1, 0.15) is 166 Å². The van der Waals surface area contributed by atoms with Crippen molar-refractivity contribution >= 4 is 60.4 Å². The van der Waals surface area contributed by atoms with Crippen molar-refractivity contribution in [2.75, 3.05) is 0 Å². The van der Waals surface area contributed by atoms with E-state index < -0.39 is 0 Å². The molecule has 4 bridgehead atoms. The minimum absolute atomic E-state index is 0.127. The van der Waals surface area contributed by atoms with E-state index in [1.807, 2.05) is 0 Å². The molecule has 0 unspecified atom stereocenters. The van der Waals surface area contributed by atoms with E-state index in [0.717, 1.165) is 86.4 Å². The highest BCUT2D eigenvalue weighted by Gasteiger charge is 2.48. The molecule has 8 aliphatic rings. The van der Waals surface area contributed by atoms with Crippen LogP contribution in [0.15, 0.2) is 60.7 Å². The lowest BCUT2D eigenvalue weighted by Crippen LogP contribution is -2.28. The summed E-state index contributed by atoms with van der Waals surface area (Å²) in [5.74, 6) is 1.88. The van der Waals surface area contributed by atoms with Crippen molar-refractivity contribution in [2.45, 2.75) is 135 Å². The van der Waals surface area contributed by atoms with E-state index in [9.17, 15) is 9.59 Å². The first-order valence-electron chi connectivity index (χ1n) is 24.2. The number of Topliss-reactive ketones (excluding diaryl/α,β-unsaturated/α-hetero) is 2. The summed E-state index contributed by atoms with van der Waals surface area (Å²) in [7, 11) is 0. The number of carbonyl (C=O) groups is 2. The first-order valence-corrected chi connectivity index (χ1v) is 24.2. The van der Waals surface area contributed by atoms with Gasteiger partial charge in [-0.05, 0) is 230 Å². The highest BCUT2D eigenvalue weighted by Crippen LogP contribution is 2.63. The number of rotatable bonds is 1. The first kappa shape index (κ1) is 36.2. The fourth-order valence-corrected chi connectivity index (χ4v) is 15.3. The molecule has 3 saturated carbocycles. The fraction of sp³-hybridized carbons (Fsp3) is 0.390. The molecular formula is C59H55NO2. The van der Waals surface area contributed by atoms with Gasteiger partial charge in [0, 0.05) is 49.9 Å². The summed E-state index contributed by atoms with van der Waals surface area (Å²) in [6, 6.07) is 24.3. The van der Waals surface area contributed by atoms with Gasteiger partial charge in [-0.3, -0.25) is 9.59 Å². The molecule has 62 heavy (non-hydrogen) atoms. The molecule has 308 valence electrons. The molecule has 8 aromatic rings. The number of ketones is 2. The predicted molar refractivity (Wildman–Crippen MR) is 255 cm³/mol. The van der Waals surface area contributed by atoms with Crippen LogP contribution in [0.4, 0.5) is 0 Å². The normalized spacial score (nSPS) is 23.6. The summed E-state index contributed by atoms with van der Waals surface area (Å²) in [6.07, 6.45) is 14.5. The summed E-state index contributed by atoms with van der Waals surface area (Å²) in [6.45, 7) is 11.6. The average molecular weight is 810 g/mol. The molecular weight excluding hydrogens is 755 g/mol. The number of nitrogens with zero attached hydrogens (tertiary/aromatic N) is 1. The van der Waals surface area contributed by atoms with Gasteiger partial charge in [-0.2, -0.15) is 0 Å². The Morgan fingerprint density at radius 3 is 1.63 bits per heavy atom. The molecule has 0 amide bonds. The van der Waals surface area contributed by atoms with E-state index in [-0.39, 0.29) is 17.3 Å². The van der Waals surface area contributed by atoms with E-state index in [2.05, 4.69) is 99.7 Å². The molecule has 0 aliphatic heterocycles. The molecule has 0 atom stereocenters. The van der Waals surface area contributed by atoms with E-state index in [1.54, 1.807) is 0 Å². The third-order valence-electron chi connectivity index (χ3n) is 18.8. The van der Waals surface area contributed by atoms with Crippen molar-refractivity contribution < 1.29 is 9.59 Å². The molecule has 2 heterocycles.